The predicted octanol–water partition coefficient (Wildman–Crippen LogP) is -11.0. The van der Waals surface area contributed by atoms with Crippen LogP contribution in [0.1, 0.15) is 0 Å². The summed E-state index contributed by atoms with van der Waals surface area (Å²) in [6.45, 7) is 0. The first kappa shape index (κ1) is 15.0. The van der Waals surface area contributed by atoms with Gasteiger partial charge in [0.1, 0.15) is 0 Å². The van der Waals surface area contributed by atoms with Crippen molar-refractivity contribution < 1.29 is 88.1 Å². The van der Waals surface area contributed by atoms with Gasteiger partial charge in [0.2, 0.25) is 0 Å². The van der Waals surface area contributed by atoms with Crippen LogP contribution in [0.25, 0.3) is 0 Å². The standard InChI is InChI=1S/C2H7I3N4O3.HI/c1-4-9(7-3)8(5-6)11-2(10)12-9;/h7-8H,6H2,1H3;1H/p-1. The molecule has 0 aromatic heterocycles. The van der Waals surface area contributed by atoms with Crippen molar-refractivity contribution in [2.24, 2.45) is 3.95 Å². The Bertz CT molecular complexity index is 188. The van der Waals surface area contributed by atoms with E-state index in [4.69, 9.17) is 13.6 Å². The number of nitrogens with one attached hydrogen (secondary N) is 2. The van der Waals surface area contributed by atoms with Crippen molar-refractivity contribution in [1.29, 1.82) is 0 Å². The Labute approximate surface area is 128 Å². The number of hydrogen-bond donors (Lipinski definition) is 3. The van der Waals surface area contributed by atoms with E-state index >= 15 is 0 Å². The van der Waals surface area contributed by atoms with E-state index in [2.05, 4.69) is 3.64 Å². The summed E-state index contributed by atoms with van der Waals surface area (Å²) in [4.78, 5) is 22.6. The van der Waals surface area contributed by atoms with Crippen LogP contribution in [-0.4, -0.2) is 14.2 Å². The molecular weight excluding hydrogens is 636 g/mol. The van der Waals surface area contributed by atoms with Gasteiger partial charge in [-0.15, -0.1) is 0 Å². The van der Waals surface area contributed by atoms with Gasteiger partial charge in [-0.25, -0.2) is 0 Å². The van der Waals surface area contributed by atoms with Crippen LogP contribution < -0.4 is 78.2 Å². The fourth-order valence-electron chi connectivity index (χ4n) is 0.553. The van der Waals surface area contributed by atoms with E-state index in [1.54, 1.807) is 0 Å². The summed E-state index contributed by atoms with van der Waals surface area (Å²) in [6, 6.07) is 0. The van der Waals surface area contributed by atoms with Crippen molar-refractivity contribution >= 4 is 29.0 Å². The average molecular weight is 643 g/mol. The summed E-state index contributed by atoms with van der Waals surface area (Å²) < 4.78 is 8.89. The molecule has 4 N–H and O–H groups in total. The first-order valence-corrected chi connectivity index (χ1v) is 9.11. The number of alkyl halides is 1. The van der Waals surface area contributed by atoms with E-state index in [1.807, 2.05) is 27.8 Å². The molecule has 82 valence electrons. The van der Waals surface area contributed by atoms with Crippen LogP contribution in [-0.2, 0) is 9.68 Å². The summed E-state index contributed by atoms with van der Waals surface area (Å²) in [5.74, 6) is 0. The molecule has 0 saturated carbocycles. The Morgan fingerprint density at radius 2 is 2.38 bits per heavy atom. The van der Waals surface area contributed by atoms with E-state index < -0.39 is 49.4 Å². The van der Waals surface area contributed by atoms with Crippen molar-refractivity contribution in [3.8, 4) is 0 Å². The number of halogens is 4. The molecule has 1 rings (SSSR count). The molecule has 1 saturated heterocycles. The number of quaternary nitrogens is 2. The molecule has 0 aromatic rings. The topological polar surface area (TPSA) is 78.0 Å². The molecule has 0 spiro atoms. The van der Waals surface area contributed by atoms with Crippen LogP contribution in [0.15, 0.2) is 0 Å². The normalized spacial score (nSPS) is 32.5. The second-order valence-electron chi connectivity index (χ2n) is 1.59. The molecule has 1 heterocycles. The number of carbonyl (C=O) groups is 1. The molecule has 0 bridgehead atoms. The van der Waals surface area contributed by atoms with Crippen molar-refractivity contribution in [2.75, 3.05) is 4.93 Å². The Morgan fingerprint density at radius 3 is 2.69 bits per heavy atom. The molecule has 1 aliphatic rings. The first-order chi connectivity index (χ1) is 5.68. The second kappa shape index (κ2) is 6.58. The molecule has 0 aromatic carbocycles. The fraction of sp³-hybridized carbons (Fsp3) is 0.500. The minimum Gasteiger partial charge on any atom is -1.00 e. The van der Waals surface area contributed by atoms with Crippen molar-refractivity contribution in [1.82, 2.24) is 3.64 Å². The van der Waals surface area contributed by atoms with Gasteiger partial charge in [-0.2, -0.15) is 0 Å². The van der Waals surface area contributed by atoms with Gasteiger partial charge in [0.25, 0.3) is 0 Å². The monoisotopic (exact) mass is 643 g/mol. The molecular formula is C2H7I4N4O3-. The fourth-order valence-corrected chi connectivity index (χ4v) is 6.39. The van der Waals surface area contributed by atoms with E-state index in [9.17, 15) is 4.79 Å². The molecule has 11 heteroatoms. The van der Waals surface area contributed by atoms with Crippen LogP contribution in [0.4, 0.5) is 4.79 Å². The number of nitrogens with two attached hydrogens (primary N) is 1. The van der Waals surface area contributed by atoms with E-state index in [1.165, 1.54) is 0 Å². The summed E-state index contributed by atoms with van der Waals surface area (Å²) in [5.41, 5.74) is 0. The van der Waals surface area contributed by atoms with Gasteiger partial charge in [0.15, 0.2) is 0 Å². The van der Waals surface area contributed by atoms with Crippen LogP contribution in [0.3, 0.4) is 0 Å². The minimum atomic E-state index is -0.745. The number of hydrogen-bond acceptors (Lipinski definition) is 5. The molecule has 1 fully saturated rings. The third-order valence-electron chi connectivity index (χ3n) is 1.03. The summed E-state index contributed by atoms with van der Waals surface area (Å²) in [7, 11) is 0. The van der Waals surface area contributed by atoms with Gasteiger partial charge in [0.05, 0.1) is 0 Å². The zero-order valence-electron chi connectivity index (χ0n) is 6.26. The predicted molar refractivity (Wildman–Crippen MR) is 36.1 cm³/mol. The maximum absolute atomic E-state index is 10.8. The molecule has 1 aliphatic heterocycles. The molecule has 0 aliphatic carbocycles. The number of rotatable bonds is 3. The summed E-state index contributed by atoms with van der Waals surface area (Å²) in [5, 5.41) is 0. The van der Waals surface area contributed by atoms with Gasteiger partial charge in [-0.1, -0.05) is 0 Å². The molecule has 2 unspecified atom stereocenters. The molecule has 7 nitrogen and oxygen atoms in total. The van der Waals surface area contributed by atoms with Gasteiger partial charge < -0.3 is 24.0 Å². The van der Waals surface area contributed by atoms with Gasteiger partial charge in [-0.05, 0) is 0 Å². The van der Waals surface area contributed by atoms with Gasteiger partial charge in [-0.3, -0.25) is 0 Å². The molecule has 13 heavy (non-hydrogen) atoms. The third-order valence-corrected chi connectivity index (χ3v) is 7.23. The number of carbonyl (C=O) groups excluding carboxylic acids is 1. The Balaban J connectivity index is 0.00000144. The van der Waals surface area contributed by atoms with Crippen LogP contribution in [0.5, 0.6) is 0 Å². The average Bonchev–Trinajstić information content (AvgIpc) is 2.42. The molecule has 0 amide bonds. The maximum atomic E-state index is 10.8. The largest absolute Gasteiger partial charge is 1.00 e. The maximum Gasteiger partial charge on any atom is -1.00 e. The summed E-state index contributed by atoms with van der Waals surface area (Å²) in [6.07, 6.45) is -0.666. The van der Waals surface area contributed by atoms with Gasteiger partial charge >= 0.3 is 106 Å². The first-order valence-electron chi connectivity index (χ1n) is 2.59. The zero-order chi connectivity index (χ0) is 9.19. The Morgan fingerprint density at radius 1 is 1.77 bits per heavy atom. The Hall–Kier alpha value is 2.03. The SMILES string of the molecule is C[I-][N+]1(NI)OC(=O)O[NH+]1[I-]N.[I-]. The van der Waals surface area contributed by atoms with Gasteiger partial charge in [0, 0.05) is 0 Å². The molecule has 2 atom stereocenters. The van der Waals surface area contributed by atoms with Crippen LogP contribution in [0, 0.1) is 0 Å². The van der Waals surface area contributed by atoms with Crippen LogP contribution >= 0.6 is 22.9 Å². The van der Waals surface area contributed by atoms with Crippen LogP contribution in [0.2, 0.25) is 0 Å². The minimum absolute atomic E-state index is 0. The van der Waals surface area contributed by atoms with Crippen molar-refractivity contribution in [2.45, 2.75) is 0 Å². The van der Waals surface area contributed by atoms with E-state index in [-0.39, 0.29) is 27.1 Å². The zero-order valence-corrected chi connectivity index (χ0v) is 14.9. The molecule has 0 radical (unpaired) electrons. The Kier molecular flexibility index (Phi) is 7.60. The van der Waals surface area contributed by atoms with E-state index in [0.29, 0.717) is 3.39 Å². The third kappa shape index (κ3) is 3.24. The van der Waals surface area contributed by atoms with Crippen molar-refractivity contribution in [3.63, 3.8) is 0 Å². The van der Waals surface area contributed by atoms with E-state index in [0.717, 1.165) is 0 Å². The smallest absolute Gasteiger partial charge is 1.00 e. The quantitative estimate of drug-likeness (QED) is 0.162. The number of nitrogens with zero attached hydrogens (tertiary/aromatic N) is 1. The van der Waals surface area contributed by atoms with Crippen molar-refractivity contribution in [3.05, 3.63) is 0 Å². The second-order valence-corrected chi connectivity index (χ2v) is 5.94. The summed E-state index contributed by atoms with van der Waals surface area (Å²) >= 11 is 0.785.